The highest BCUT2D eigenvalue weighted by Crippen LogP contribution is 1.87. The number of H-pyrrole nitrogens is 1. The van der Waals surface area contributed by atoms with Crippen LogP contribution in [0.1, 0.15) is 11.8 Å². The van der Waals surface area contributed by atoms with E-state index in [4.69, 9.17) is 4.42 Å². The Morgan fingerprint density at radius 1 is 1.57 bits per heavy atom. The lowest BCUT2D eigenvalue weighted by Gasteiger charge is -1.63. The van der Waals surface area contributed by atoms with Crippen LogP contribution in [0.2, 0.25) is 0 Å². The van der Waals surface area contributed by atoms with Gasteiger partial charge in [-0.3, -0.25) is 0 Å². The standard InChI is InChI=1S/C4H6N2O/c1-3-5-6-4(2)7-3/h1-2H3/p+1. The van der Waals surface area contributed by atoms with Gasteiger partial charge in [-0.25, -0.2) is 0 Å². The molecule has 1 aromatic rings. The van der Waals surface area contributed by atoms with E-state index in [1.165, 1.54) is 0 Å². The predicted molar refractivity (Wildman–Crippen MR) is 22.5 cm³/mol. The van der Waals surface area contributed by atoms with Gasteiger partial charge in [0.25, 0.3) is 5.89 Å². The first-order valence-corrected chi connectivity index (χ1v) is 2.11. The summed E-state index contributed by atoms with van der Waals surface area (Å²) in [5, 5.41) is 6.38. The number of hydrogen-bond donors (Lipinski definition) is 0. The van der Waals surface area contributed by atoms with Gasteiger partial charge in [0.2, 0.25) is 0 Å². The molecule has 1 aromatic heterocycles. The van der Waals surface area contributed by atoms with E-state index in [2.05, 4.69) is 10.2 Å². The minimum absolute atomic E-state index is 0.678. The molecule has 0 saturated carbocycles. The van der Waals surface area contributed by atoms with E-state index in [-0.39, 0.29) is 0 Å². The van der Waals surface area contributed by atoms with E-state index in [1.807, 2.05) is 6.92 Å². The van der Waals surface area contributed by atoms with Crippen molar-refractivity contribution in [3.05, 3.63) is 11.8 Å². The maximum absolute atomic E-state index is 4.92. The zero-order valence-electron chi connectivity index (χ0n) is 4.36. The monoisotopic (exact) mass is 99.1 g/mol. The molecule has 3 heteroatoms. The Balaban J connectivity index is 3.04. The van der Waals surface area contributed by atoms with Crippen LogP contribution in [-0.4, -0.2) is 5.10 Å². The Hall–Kier alpha value is -0.860. The molecule has 1 N–H and O–H groups in total. The first-order valence-electron chi connectivity index (χ1n) is 2.11. The van der Waals surface area contributed by atoms with Gasteiger partial charge in [-0.1, -0.05) is 5.10 Å². The summed E-state index contributed by atoms with van der Waals surface area (Å²) in [6.07, 6.45) is 0. The molecule has 0 aliphatic carbocycles. The van der Waals surface area contributed by atoms with Gasteiger partial charge < -0.3 is 4.42 Å². The maximum atomic E-state index is 4.92. The average Bonchev–Trinajstić information content (AvgIpc) is 1.87. The summed E-state index contributed by atoms with van der Waals surface area (Å²) in [7, 11) is 0. The molecule has 0 fully saturated rings. The molecule has 0 bridgehead atoms. The first-order chi connectivity index (χ1) is 3.29. The lowest BCUT2D eigenvalue weighted by Crippen LogP contribution is -2.03. The summed E-state index contributed by atoms with van der Waals surface area (Å²) >= 11 is 0. The highest BCUT2D eigenvalue weighted by molar-refractivity contribution is 4.63. The SMILES string of the molecule is Cc1n[nH+]c(C)o1. The molecule has 0 atom stereocenters. The summed E-state index contributed by atoms with van der Waals surface area (Å²) in [5.74, 6) is 1.43. The van der Waals surface area contributed by atoms with E-state index in [0.717, 1.165) is 5.89 Å². The molecule has 7 heavy (non-hydrogen) atoms. The fourth-order valence-corrected chi connectivity index (χ4v) is 0.425. The summed E-state index contributed by atoms with van der Waals surface area (Å²) in [6.45, 7) is 3.61. The zero-order valence-corrected chi connectivity index (χ0v) is 4.36. The lowest BCUT2D eigenvalue weighted by molar-refractivity contribution is -0.465. The van der Waals surface area contributed by atoms with Crippen molar-refractivity contribution in [1.82, 2.24) is 5.10 Å². The van der Waals surface area contributed by atoms with Crippen molar-refractivity contribution in [2.75, 3.05) is 0 Å². The fraction of sp³-hybridized carbons (Fsp3) is 0.500. The van der Waals surface area contributed by atoms with Gasteiger partial charge in [-0.15, -0.1) is 0 Å². The molecule has 0 saturated heterocycles. The van der Waals surface area contributed by atoms with Crippen LogP contribution in [0.15, 0.2) is 4.42 Å². The van der Waals surface area contributed by atoms with Crippen molar-refractivity contribution >= 4 is 0 Å². The minimum atomic E-state index is 0.678. The number of hydrogen-bond acceptors (Lipinski definition) is 2. The van der Waals surface area contributed by atoms with Crippen molar-refractivity contribution in [2.24, 2.45) is 0 Å². The number of aromatic amines is 1. The first kappa shape index (κ1) is 4.30. The van der Waals surface area contributed by atoms with Crippen molar-refractivity contribution in [3.8, 4) is 0 Å². The maximum Gasteiger partial charge on any atom is 0.368 e. The second kappa shape index (κ2) is 1.33. The Labute approximate surface area is 41.4 Å². The summed E-state index contributed by atoms with van der Waals surface area (Å²) in [4.78, 5) is 0. The number of rotatable bonds is 0. The Morgan fingerprint density at radius 3 is 2.43 bits per heavy atom. The topological polar surface area (TPSA) is 40.2 Å². The molecule has 0 aliphatic rings. The fourth-order valence-electron chi connectivity index (χ4n) is 0.425. The quantitative estimate of drug-likeness (QED) is 0.463. The van der Waals surface area contributed by atoms with Crippen LogP contribution in [0.3, 0.4) is 0 Å². The lowest BCUT2D eigenvalue weighted by atomic mass is 10.8. The van der Waals surface area contributed by atoms with Crippen molar-refractivity contribution in [1.29, 1.82) is 0 Å². The van der Waals surface area contributed by atoms with Gasteiger partial charge >= 0.3 is 5.89 Å². The Morgan fingerprint density at radius 2 is 2.29 bits per heavy atom. The van der Waals surface area contributed by atoms with Crippen LogP contribution >= 0.6 is 0 Å². The third-order valence-corrected chi connectivity index (χ3v) is 0.672. The van der Waals surface area contributed by atoms with E-state index < -0.39 is 0 Å². The van der Waals surface area contributed by atoms with Gasteiger partial charge in [0, 0.05) is 12.0 Å². The van der Waals surface area contributed by atoms with Gasteiger partial charge in [-0.05, 0) is 0 Å². The number of aryl methyl sites for hydroxylation is 2. The van der Waals surface area contributed by atoms with Crippen LogP contribution in [0.5, 0.6) is 0 Å². The molecule has 0 aliphatic heterocycles. The van der Waals surface area contributed by atoms with Crippen LogP contribution in [-0.2, 0) is 0 Å². The van der Waals surface area contributed by atoms with Crippen molar-refractivity contribution in [2.45, 2.75) is 13.8 Å². The predicted octanol–water partition coefficient (Wildman–Crippen LogP) is 0.106. The highest BCUT2D eigenvalue weighted by Gasteiger charge is 1.97. The molecule has 3 nitrogen and oxygen atoms in total. The average molecular weight is 99.1 g/mol. The van der Waals surface area contributed by atoms with E-state index >= 15 is 0 Å². The second-order valence-electron chi connectivity index (χ2n) is 1.40. The molecule has 38 valence electrons. The van der Waals surface area contributed by atoms with Gasteiger partial charge in [0.05, 0.1) is 6.92 Å². The molecule has 1 heterocycles. The number of aromatic nitrogens is 2. The Bertz CT molecular complexity index is 142. The van der Waals surface area contributed by atoms with Crippen LogP contribution in [0.4, 0.5) is 0 Å². The normalized spacial score (nSPS) is 9.43. The summed E-state index contributed by atoms with van der Waals surface area (Å²) in [5.41, 5.74) is 0. The van der Waals surface area contributed by atoms with E-state index in [1.54, 1.807) is 6.92 Å². The third-order valence-electron chi connectivity index (χ3n) is 0.672. The van der Waals surface area contributed by atoms with Crippen molar-refractivity contribution in [3.63, 3.8) is 0 Å². The molecule has 1 rings (SSSR count). The van der Waals surface area contributed by atoms with Crippen LogP contribution in [0, 0.1) is 13.8 Å². The minimum Gasteiger partial charge on any atom is -0.386 e. The number of nitrogens with zero attached hydrogens (tertiary/aromatic N) is 1. The van der Waals surface area contributed by atoms with E-state index in [9.17, 15) is 0 Å². The molecular weight excluding hydrogens is 92.1 g/mol. The van der Waals surface area contributed by atoms with Gasteiger partial charge in [-0.2, -0.15) is 0 Å². The smallest absolute Gasteiger partial charge is 0.368 e. The second-order valence-corrected chi connectivity index (χ2v) is 1.40. The van der Waals surface area contributed by atoms with Crippen molar-refractivity contribution < 1.29 is 9.52 Å². The third kappa shape index (κ3) is 0.765. The largest absolute Gasteiger partial charge is 0.386 e. The Kier molecular flexibility index (Phi) is 0.817. The van der Waals surface area contributed by atoms with Crippen LogP contribution < -0.4 is 5.10 Å². The van der Waals surface area contributed by atoms with E-state index in [0.29, 0.717) is 5.89 Å². The molecular formula is C4H7N2O+. The van der Waals surface area contributed by atoms with Gasteiger partial charge in [0.1, 0.15) is 0 Å². The van der Waals surface area contributed by atoms with Gasteiger partial charge in [0.15, 0.2) is 0 Å². The summed E-state index contributed by atoms with van der Waals surface area (Å²) in [6, 6.07) is 0. The molecule has 0 radical (unpaired) electrons. The molecule has 0 unspecified atom stereocenters. The highest BCUT2D eigenvalue weighted by atomic mass is 16.4. The zero-order chi connectivity index (χ0) is 5.28. The van der Waals surface area contributed by atoms with Crippen LogP contribution in [0.25, 0.3) is 0 Å². The molecule has 0 spiro atoms. The molecule has 0 amide bonds. The molecule has 0 aromatic carbocycles. The number of nitrogens with one attached hydrogen (secondary N) is 1. The summed E-state index contributed by atoms with van der Waals surface area (Å²) < 4.78 is 4.92.